The predicted molar refractivity (Wildman–Crippen MR) is 137 cm³/mol. The third-order valence-electron chi connectivity index (χ3n) is 6.15. The van der Waals surface area contributed by atoms with Crippen LogP contribution in [-0.4, -0.2) is 57.0 Å². The number of hydrogen-bond donors (Lipinski definition) is 0. The van der Waals surface area contributed by atoms with Crippen molar-refractivity contribution in [3.63, 3.8) is 0 Å². The molecule has 0 aromatic heterocycles. The number of benzene rings is 3. The maximum Gasteiger partial charge on any atom is 0.416 e. The second kappa shape index (κ2) is 11.7. The molecule has 0 N–H and O–H groups in total. The van der Waals surface area contributed by atoms with Crippen molar-refractivity contribution in [3.8, 4) is 0 Å². The van der Waals surface area contributed by atoms with Crippen LogP contribution in [0.5, 0.6) is 0 Å². The SMILES string of the molecule is O=S(=O)(c1ccc(Cl)cc1Cl)N1CCN(CCO[C@@H](c2ccccc2)c2cccc(C(F)(F)F)c2)CC1. The highest BCUT2D eigenvalue weighted by atomic mass is 35.5. The first-order valence-corrected chi connectivity index (χ1v) is 13.8. The number of sulfonamides is 1. The van der Waals surface area contributed by atoms with Crippen molar-refractivity contribution in [2.24, 2.45) is 0 Å². The fourth-order valence-electron chi connectivity index (χ4n) is 4.21. The van der Waals surface area contributed by atoms with Crippen molar-refractivity contribution >= 4 is 33.2 Å². The summed E-state index contributed by atoms with van der Waals surface area (Å²) in [5.74, 6) is 0. The Labute approximate surface area is 224 Å². The molecule has 198 valence electrons. The Morgan fingerprint density at radius 2 is 1.54 bits per heavy atom. The monoisotopic (exact) mass is 572 g/mol. The van der Waals surface area contributed by atoms with Gasteiger partial charge in [0.1, 0.15) is 11.0 Å². The van der Waals surface area contributed by atoms with Gasteiger partial charge in [-0.25, -0.2) is 8.42 Å². The summed E-state index contributed by atoms with van der Waals surface area (Å²) in [5.41, 5.74) is 0.432. The summed E-state index contributed by atoms with van der Waals surface area (Å²) in [6.07, 6.45) is -5.12. The van der Waals surface area contributed by atoms with Crippen molar-refractivity contribution in [1.29, 1.82) is 0 Å². The molecule has 1 heterocycles. The molecule has 3 aromatic rings. The summed E-state index contributed by atoms with van der Waals surface area (Å²) >= 11 is 12.0. The second-order valence-electron chi connectivity index (χ2n) is 8.61. The Hall–Kier alpha value is -2.14. The van der Waals surface area contributed by atoms with Gasteiger partial charge in [0.25, 0.3) is 0 Å². The smallest absolute Gasteiger partial charge is 0.367 e. The number of hydrogen-bond acceptors (Lipinski definition) is 4. The lowest BCUT2D eigenvalue weighted by Crippen LogP contribution is -2.49. The maximum atomic E-state index is 13.3. The van der Waals surface area contributed by atoms with Gasteiger partial charge < -0.3 is 4.74 Å². The van der Waals surface area contributed by atoms with E-state index < -0.39 is 27.9 Å². The first-order valence-electron chi connectivity index (χ1n) is 11.6. The van der Waals surface area contributed by atoms with Gasteiger partial charge in [0.2, 0.25) is 10.0 Å². The number of halogens is 5. The topological polar surface area (TPSA) is 49.9 Å². The molecular weight excluding hydrogens is 548 g/mol. The van der Waals surface area contributed by atoms with Gasteiger partial charge in [0.05, 0.1) is 17.2 Å². The normalized spacial score (nSPS) is 16.6. The van der Waals surface area contributed by atoms with Crippen LogP contribution in [0, 0.1) is 0 Å². The first-order chi connectivity index (χ1) is 17.6. The molecule has 1 aliphatic heterocycles. The lowest BCUT2D eigenvalue weighted by molar-refractivity contribution is -0.137. The highest BCUT2D eigenvalue weighted by Crippen LogP contribution is 2.33. The molecule has 0 spiro atoms. The zero-order valence-electron chi connectivity index (χ0n) is 19.7. The van der Waals surface area contributed by atoms with Gasteiger partial charge in [-0.05, 0) is 41.5 Å². The van der Waals surface area contributed by atoms with Crippen molar-refractivity contribution in [1.82, 2.24) is 9.21 Å². The molecule has 37 heavy (non-hydrogen) atoms. The summed E-state index contributed by atoms with van der Waals surface area (Å²) in [5, 5.41) is 0.428. The van der Waals surface area contributed by atoms with E-state index in [0.717, 1.165) is 17.7 Å². The van der Waals surface area contributed by atoms with E-state index in [0.29, 0.717) is 30.2 Å². The van der Waals surface area contributed by atoms with E-state index in [1.165, 1.54) is 28.6 Å². The molecule has 3 aromatic carbocycles. The van der Waals surface area contributed by atoms with Crippen LogP contribution < -0.4 is 0 Å². The second-order valence-corrected chi connectivity index (χ2v) is 11.4. The molecule has 1 aliphatic rings. The van der Waals surface area contributed by atoms with Gasteiger partial charge in [0.15, 0.2) is 0 Å². The maximum absolute atomic E-state index is 13.3. The zero-order chi connectivity index (χ0) is 26.6. The number of alkyl halides is 3. The van der Waals surface area contributed by atoms with E-state index in [2.05, 4.69) is 4.90 Å². The Morgan fingerprint density at radius 3 is 2.19 bits per heavy atom. The Bertz CT molecular complexity index is 1320. The van der Waals surface area contributed by atoms with Crippen LogP contribution in [0.15, 0.2) is 77.7 Å². The minimum atomic E-state index is -4.45. The van der Waals surface area contributed by atoms with E-state index in [1.54, 1.807) is 6.07 Å². The fraction of sp³-hybridized carbons (Fsp3) is 0.308. The molecule has 1 atom stereocenters. The molecular formula is C26H25Cl2F3N2O3S. The number of nitrogens with zero attached hydrogens (tertiary/aromatic N) is 2. The van der Waals surface area contributed by atoms with Crippen LogP contribution in [-0.2, 0) is 20.9 Å². The Kier molecular flexibility index (Phi) is 8.83. The lowest BCUT2D eigenvalue weighted by atomic mass is 9.99. The Balaban J connectivity index is 1.38. The van der Waals surface area contributed by atoms with Gasteiger partial charge in [-0.1, -0.05) is 65.7 Å². The molecule has 0 radical (unpaired) electrons. The van der Waals surface area contributed by atoms with Crippen molar-refractivity contribution in [3.05, 3.63) is 99.5 Å². The predicted octanol–water partition coefficient (Wildman–Crippen LogP) is 6.12. The van der Waals surface area contributed by atoms with E-state index in [9.17, 15) is 21.6 Å². The fourth-order valence-corrected chi connectivity index (χ4v) is 6.38. The molecule has 0 saturated carbocycles. The molecule has 0 bridgehead atoms. The van der Waals surface area contributed by atoms with Gasteiger partial charge in [-0.15, -0.1) is 0 Å². The summed E-state index contributed by atoms with van der Waals surface area (Å²) in [6, 6.07) is 18.5. The van der Waals surface area contributed by atoms with E-state index in [4.69, 9.17) is 27.9 Å². The average molecular weight is 573 g/mol. The van der Waals surface area contributed by atoms with Crippen molar-refractivity contribution in [2.45, 2.75) is 17.2 Å². The minimum absolute atomic E-state index is 0.0159. The van der Waals surface area contributed by atoms with Gasteiger partial charge in [-0.3, -0.25) is 4.90 Å². The van der Waals surface area contributed by atoms with Crippen LogP contribution >= 0.6 is 23.2 Å². The van der Waals surface area contributed by atoms with E-state index >= 15 is 0 Å². The van der Waals surface area contributed by atoms with Crippen LogP contribution in [0.3, 0.4) is 0 Å². The number of ether oxygens (including phenoxy) is 1. The van der Waals surface area contributed by atoms with Crippen molar-refractivity contribution < 1.29 is 26.3 Å². The Morgan fingerprint density at radius 1 is 0.865 bits per heavy atom. The van der Waals surface area contributed by atoms with Crippen LogP contribution in [0.4, 0.5) is 13.2 Å². The highest BCUT2D eigenvalue weighted by molar-refractivity contribution is 7.89. The molecule has 5 nitrogen and oxygen atoms in total. The largest absolute Gasteiger partial charge is 0.416 e. The summed E-state index contributed by atoms with van der Waals surface area (Å²) in [7, 11) is -3.76. The summed E-state index contributed by atoms with van der Waals surface area (Å²) in [6.45, 7) is 2.26. The van der Waals surface area contributed by atoms with Crippen LogP contribution in [0.2, 0.25) is 10.0 Å². The molecule has 1 saturated heterocycles. The zero-order valence-corrected chi connectivity index (χ0v) is 22.0. The molecule has 1 fully saturated rings. The van der Waals surface area contributed by atoms with Crippen molar-refractivity contribution in [2.75, 3.05) is 39.3 Å². The molecule has 0 amide bonds. The van der Waals surface area contributed by atoms with Crippen LogP contribution in [0.1, 0.15) is 22.8 Å². The summed E-state index contributed by atoms with van der Waals surface area (Å²) in [4.78, 5) is 2.08. The standard InChI is InChI=1S/C26H25Cl2F3N2O3S/c27-22-9-10-24(23(28)18-22)37(34,35)33-13-11-32(12-14-33)15-16-36-25(19-5-2-1-3-6-19)20-7-4-8-21(17-20)26(29,30)31/h1-10,17-18,25H,11-16H2/t25-/m0/s1. The van der Waals surface area contributed by atoms with Gasteiger partial charge in [0, 0.05) is 37.7 Å². The van der Waals surface area contributed by atoms with Gasteiger partial charge in [-0.2, -0.15) is 17.5 Å². The average Bonchev–Trinajstić information content (AvgIpc) is 2.87. The quantitative estimate of drug-likeness (QED) is 0.326. The van der Waals surface area contributed by atoms with E-state index in [1.807, 2.05) is 30.3 Å². The third kappa shape index (κ3) is 6.85. The van der Waals surface area contributed by atoms with E-state index in [-0.39, 0.29) is 29.6 Å². The molecule has 4 rings (SSSR count). The van der Waals surface area contributed by atoms with Gasteiger partial charge >= 0.3 is 6.18 Å². The third-order valence-corrected chi connectivity index (χ3v) is 8.77. The summed E-state index contributed by atoms with van der Waals surface area (Å²) < 4.78 is 73.4. The number of rotatable bonds is 8. The van der Waals surface area contributed by atoms with Crippen LogP contribution in [0.25, 0.3) is 0 Å². The number of piperazine rings is 1. The molecule has 0 unspecified atom stereocenters. The molecule has 0 aliphatic carbocycles. The highest BCUT2D eigenvalue weighted by Gasteiger charge is 2.32. The lowest BCUT2D eigenvalue weighted by Gasteiger charge is -2.34. The minimum Gasteiger partial charge on any atom is -0.367 e. The molecule has 11 heteroatoms. The first kappa shape index (κ1) is 27.9.